The van der Waals surface area contributed by atoms with Crippen molar-refractivity contribution in [3.05, 3.63) is 75.2 Å². The highest BCUT2D eigenvalue weighted by Crippen LogP contribution is 2.39. The quantitative estimate of drug-likeness (QED) is 0.251. The van der Waals surface area contributed by atoms with Crippen molar-refractivity contribution in [1.82, 2.24) is 34.0 Å². The van der Waals surface area contributed by atoms with E-state index in [1.165, 1.54) is 24.2 Å². The van der Waals surface area contributed by atoms with E-state index in [1.807, 2.05) is 17.9 Å². The lowest BCUT2D eigenvalue weighted by molar-refractivity contribution is -0.136. The van der Waals surface area contributed by atoms with Crippen LogP contribution in [0, 0.1) is 13.8 Å². The predicted octanol–water partition coefficient (Wildman–Crippen LogP) is 3.74. The number of hydrogen-bond acceptors (Lipinski definition) is 11. The van der Waals surface area contributed by atoms with Gasteiger partial charge in [-0.25, -0.2) is 9.97 Å². The molecule has 7 rings (SSSR count). The number of benzene rings is 1. The number of nitrogens with one attached hydrogen (secondary N) is 1. The van der Waals surface area contributed by atoms with Crippen LogP contribution >= 0.6 is 0 Å². The minimum Gasteiger partial charge on any atom is -0.504 e. The minimum absolute atomic E-state index is 0.0525. The van der Waals surface area contributed by atoms with Gasteiger partial charge < -0.3 is 33.9 Å². The van der Waals surface area contributed by atoms with Gasteiger partial charge in [-0.1, -0.05) is 13.0 Å². The van der Waals surface area contributed by atoms with Gasteiger partial charge in [0.15, 0.2) is 22.9 Å². The lowest BCUT2D eigenvalue weighted by Crippen LogP contribution is -2.51. The van der Waals surface area contributed by atoms with Gasteiger partial charge in [0.25, 0.3) is 11.5 Å². The van der Waals surface area contributed by atoms with Gasteiger partial charge in [0, 0.05) is 31.6 Å². The van der Waals surface area contributed by atoms with Crippen LogP contribution in [0.25, 0.3) is 22.3 Å². The molecule has 6 heterocycles. The molecule has 0 bridgehead atoms. The summed E-state index contributed by atoms with van der Waals surface area (Å²) in [6.45, 7) is 6.22. The number of nitrogens with zero attached hydrogens (tertiary/aromatic N) is 8. The Morgan fingerprint density at radius 1 is 1.10 bits per heavy atom. The van der Waals surface area contributed by atoms with E-state index in [2.05, 4.69) is 25.4 Å². The summed E-state index contributed by atoms with van der Waals surface area (Å²) in [6.07, 6.45) is -0.786. The Morgan fingerprint density at radius 3 is 2.56 bits per heavy atom. The van der Waals surface area contributed by atoms with Gasteiger partial charge in [-0.15, -0.1) is 5.10 Å². The molecule has 0 saturated carbocycles. The van der Waals surface area contributed by atoms with Crippen LogP contribution in [-0.2, 0) is 28.7 Å². The average molecular weight is 722 g/mol. The van der Waals surface area contributed by atoms with Crippen molar-refractivity contribution in [3.63, 3.8) is 0 Å². The zero-order valence-corrected chi connectivity index (χ0v) is 28.5. The topological polar surface area (TPSA) is 173 Å². The number of anilines is 2. The molecule has 1 saturated heterocycles. The molecule has 1 aromatic carbocycles. The molecule has 15 nitrogen and oxygen atoms in total. The number of hydrogen-bond donors (Lipinski definition) is 2. The summed E-state index contributed by atoms with van der Waals surface area (Å²) in [5, 5.41) is 17.5. The van der Waals surface area contributed by atoms with E-state index < -0.39 is 29.1 Å². The number of carbonyl (C=O) groups excluding carboxylic acids is 2. The van der Waals surface area contributed by atoms with Gasteiger partial charge >= 0.3 is 6.18 Å². The monoisotopic (exact) mass is 721 g/mol. The van der Waals surface area contributed by atoms with Gasteiger partial charge in [0.2, 0.25) is 11.7 Å². The number of piperazine rings is 1. The molecule has 2 aliphatic heterocycles. The summed E-state index contributed by atoms with van der Waals surface area (Å²) in [6, 6.07) is 3.31. The fraction of sp³-hybridized carbons (Fsp3) is 0.382. The van der Waals surface area contributed by atoms with Gasteiger partial charge in [0.1, 0.15) is 24.3 Å². The lowest BCUT2D eigenvalue weighted by atomic mass is 10.1. The van der Waals surface area contributed by atoms with Crippen LogP contribution in [-0.4, -0.2) is 90.3 Å². The number of amides is 2. The van der Waals surface area contributed by atoms with Gasteiger partial charge in [-0.05, 0) is 50.5 Å². The Kier molecular flexibility index (Phi) is 8.93. The van der Waals surface area contributed by atoms with Crippen molar-refractivity contribution in [3.8, 4) is 5.75 Å². The summed E-state index contributed by atoms with van der Waals surface area (Å²) in [4.78, 5) is 57.2. The first-order valence-electron chi connectivity index (χ1n) is 16.6. The van der Waals surface area contributed by atoms with Crippen LogP contribution in [0.5, 0.6) is 5.75 Å². The lowest BCUT2D eigenvalue weighted by Gasteiger charge is -2.36. The van der Waals surface area contributed by atoms with Crippen LogP contribution in [0.1, 0.15) is 52.4 Å². The van der Waals surface area contributed by atoms with Crippen LogP contribution in [0.4, 0.5) is 24.5 Å². The molecule has 52 heavy (non-hydrogen) atoms. The molecule has 0 unspecified atom stereocenters. The molecular formula is C34H34F3N9O6. The number of fused-ring (bicyclic) bond motifs is 2. The van der Waals surface area contributed by atoms with Crippen molar-refractivity contribution < 1.29 is 37.0 Å². The highest BCUT2D eigenvalue weighted by atomic mass is 19.4. The van der Waals surface area contributed by atoms with Crippen LogP contribution < -0.4 is 15.8 Å². The second-order valence-corrected chi connectivity index (χ2v) is 12.5. The number of aryl methyl sites for hydroxylation is 2. The largest absolute Gasteiger partial charge is 0.504 e. The molecule has 18 heteroatoms. The molecule has 4 aromatic heterocycles. The first-order chi connectivity index (χ1) is 24.8. The Labute approximate surface area is 293 Å². The van der Waals surface area contributed by atoms with Gasteiger partial charge in [-0.2, -0.15) is 22.7 Å². The van der Waals surface area contributed by atoms with E-state index in [0.717, 1.165) is 22.2 Å². The molecule has 2 aliphatic rings. The zero-order valence-electron chi connectivity index (χ0n) is 28.5. The van der Waals surface area contributed by atoms with Crippen LogP contribution in [0.15, 0.2) is 39.8 Å². The first kappa shape index (κ1) is 34.7. The SMILES string of the molecule is CCc1c(N2CCN(C(=O)c3ncnc(C)c3O)CC2)c(=O)n2nc(C3=CCOCC3)nc2n1CC(=O)Nc1ccc(C(F)(F)F)c2cc(C)oc12. The molecule has 2 amide bonds. The van der Waals surface area contributed by atoms with E-state index in [-0.39, 0.29) is 83.7 Å². The molecule has 272 valence electrons. The normalized spacial score (nSPS) is 15.4. The third-order valence-corrected chi connectivity index (χ3v) is 9.19. The number of carbonyl (C=O) groups is 2. The van der Waals surface area contributed by atoms with Crippen molar-refractivity contribution in [2.45, 2.75) is 46.3 Å². The number of aromatic nitrogens is 6. The van der Waals surface area contributed by atoms with Crippen molar-refractivity contribution in [2.24, 2.45) is 0 Å². The summed E-state index contributed by atoms with van der Waals surface area (Å²) < 4.78 is 55.0. The van der Waals surface area contributed by atoms with Crippen molar-refractivity contribution in [1.29, 1.82) is 0 Å². The van der Waals surface area contributed by atoms with Gasteiger partial charge in [-0.3, -0.25) is 14.4 Å². The number of aromatic hydroxyl groups is 1. The number of furan rings is 1. The predicted molar refractivity (Wildman–Crippen MR) is 181 cm³/mol. The molecule has 5 aromatic rings. The smallest absolute Gasteiger partial charge is 0.417 e. The minimum atomic E-state index is -4.63. The fourth-order valence-corrected chi connectivity index (χ4v) is 6.63. The standard InChI is InChI=1S/C34H34F3N9O6/c1-4-24-27(43-9-11-44(12-10-43)31(49)26-28(48)19(3)38-17-39-26)32(50)46-33(41-30(42-46)20-7-13-51-14-8-20)45(24)16-25(47)40-23-6-5-22(34(35,36)37)21-15-18(2)52-29(21)23/h5-7,15,17,48H,4,8-14,16H2,1-3H3,(H,40,47). The summed E-state index contributed by atoms with van der Waals surface area (Å²) >= 11 is 0. The van der Waals surface area contributed by atoms with Gasteiger partial charge in [0.05, 0.1) is 35.9 Å². The number of halogens is 3. The number of ether oxygens (including phenoxy) is 1. The number of rotatable bonds is 7. The maximum absolute atomic E-state index is 14.2. The molecular weight excluding hydrogens is 687 g/mol. The van der Waals surface area contributed by atoms with Crippen LogP contribution in [0.3, 0.4) is 0 Å². The maximum atomic E-state index is 14.2. The van der Waals surface area contributed by atoms with E-state index in [0.29, 0.717) is 37.6 Å². The fourth-order valence-electron chi connectivity index (χ4n) is 6.63. The van der Waals surface area contributed by atoms with E-state index in [9.17, 15) is 32.7 Å². The zero-order chi connectivity index (χ0) is 36.9. The maximum Gasteiger partial charge on any atom is 0.417 e. The van der Waals surface area contributed by atoms with E-state index in [4.69, 9.17) is 9.15 Å². The Bertz CT molecular complexity index is 2320. The second-order valence-electron chi connectivity index (χ2n) is 12.5. The summed E-state index contributed by atoms with van der Waals surface area (Å²) in [5.74, 6) is -0.719. The Balaban J connectivity index is 1.25. The molecule has 0 spiro atoms. The van der Waals surface area contributed by atoms with E-state index in [1.54, 1.807) is 11.5 Å². The summed E-state index contributed by atoms with van der Waals surface area (Å²) in [7, 11) is 0. The van der Waals surface area contributed by atoms with Crippen LogP contribution in [0.2, 0.25) is 0 Å². The second kappa shape index (κ2) is 13.4. The third kappa shape index (κ3) is 6.22. The average Bonchev–Trinajstić information content (AvgIpc) is 3.75. The molecule has 0 atom stereocenters. The third-order valence-electron chi connectivity index (χ3n) is 9.19. The van der Waals surface area contributed by atoms with Crippen molar-refractivity contribution >= 4 is 45.5 Å². The Hall–Kier alpha value is -5.78. The molecule has 0 radical (unpaired) electrons. The highest BCUT2D eigenvalue weighted by molar-refractivity contribution is 6.01. The Morgan fingerprint density at radius 2 is 1.87 bits per heavy atom. The molecule has 2 N–H and O–H groups in total. The highest BCUT2D eigenvalue weighted by Gasteiger charge is 2.35. The first-order valence-corrected chi connectivity index (χ1v) is 16.6. The van der Waals surface area contributed by atoms with Crippen molar-refractivity contribution in [2.75, 3.05) is 49.6 Å². The number of alkyl halides is 3. The molecule has 0 aliphatic carbocycles. The summed E-state index contributed by atoms with van der Waals surface area (Å²) in [5.41, 5.74) is 0.268. The van der Waals surface area contributed by atoms with E-state index >= 15 is 0 Å². The molecule has 1 fully saturated rings.